The van der Waals surface area contributed by atoms with Crippen molar-refractivity contribution in [2.45, 2.75) is 45.3 Å². The molecule has 0 aromatic heterocycles. The van der Waals surface area contributed by atoms with E-state index in [1.54, 1.807) is 19.2 Å². The van der Waals surface area contributed by atoms with Gasteiger partial charge in [0.25, 0.3) is 0 Å². The number of carbonyl (C=O) groups excluding carboxylic acids is 1. The third-order valence-electron chi connectivity index (χ3n) is 4.01. The van der Waals surface area contributed by atoms with Crippen molar-refractivity contribution in [3.05, 3.63) is 35.6 Å². The molecule has 1 aromatic carbocycles. The highest BCUT2D eigenvalue weighted by Crippen LogP contribution is 2.12. The highest BCUT2D eigenvalue weighted by atomic mass is 19.1. The molecular formula is C19H29FN4O2. The van der Waals surface area contributed by atoms with Crippen LogP contribution in [0.2, 0.25) is 0 Å². The van der Waals surface area contributed by atoms with Gasteiger partial charge in [-0.25, -0.2) is 9.18 Å². The molecule has 2 rings (SSSR count). The van der Waals surface area contributed by atoms with E-state index in [2.05, 4.69) is 20.5 Å². The van der Waals surface area contributed by atoms with Gasteiger partial charge in [-0.1, -0.05) is 12.1 Å². The lowest BCUT2D eigenvalue weighted by Gasteiger charge is -2.23. The Morgan fingerprint density at radius 2 is 2.19 bits per heavy atom. The predicted molar refractivity (Wildman–Crippen MR) is 101 cm³/mol. The number of likely N-dealkylation sites (tertiary alicyclic amines) is 1. The van der Waals surface area contributed by atoms with Crippen molar-refractivity contribution in [2.75, 3.05) is 26.7 Å². The number of ether oxygens (including phenoxy) is 1. The van der Waals surface area contributed by atoms with Gasteiger partial charge in [0.15, 0.2) is 5.96 Å². The summed E-state index contributed by atoms with van der Waals surface area (Å²) in [6.45, 7) is 7.68. The Morgan fingerprint density at radius 3 is 2.85 bits per heavy atom. The van der Waals surface area contributed by atoms with Crippen LogP contribution in [-0.4, -0.2) is 55.3 Å². The molecule has 0 bridgehead atoms. The zero-order chi connectivity index (χ0) is 19.2. The van der Waals surface area contributed by atoms with Crippen LogP contribution in [0, 0.1) is 5.82 Å². The van der Waals surface area contributed by atoms with Crippen LogP contribution in [-0.2, 0) is 11.2 Å². The van der Waals surface area contributed by atoms with Gasteiger partial charge in [0, 0.05) is 26.7 Å². The fourth-order valence-corrected chi connectivity index (χ4v) is 2.89. The summed E-state index contributed by atoms with van der Waals surface area (Å²) >= 11 is 0. The van der Waals surface area contributed by atoms with Gasteiger partial charge in [-0.2, -0.15) is 0 Å². The van der Waals surface area contributed by atoms with E-state index in [1.807, 2.05) is 26.8 Å². The van der Waals surface area contributed by atoms with Crippen molar-refractivity contribution in [3.8, 4) is 0 Å². The highest BCUT2D eigenvalue weighted by molar-refractivity contribution is 5.80. The molecule has 0 spiro atoms. The number of aliphatic imine (C=N–C) groups is 1. The molecule has 0 aliphatic carbocycles. The van der Waals surface area contributed by atoms with Gasteiger partial charge < -0.3 is 20.3 Å². The average molecular weight is 364 g/mol. The summed E-state index contributed by atoms with van der Waals surface area (Å²) in [5.74, 6) is 0.567. The number of hydrogen-bond acceptors (Lipinski definition) is 3. The summed E-state index contributed by atoms with van der Waals surface area (Å²) in [5, 5.41) is 6.21. The van der Waals surface area contributed by atoms with E-state index in [4.69, 9.17) is 4.74 Å². The Kier molecular flexibility index (Phi) is 6.83. The van der Waals surface area contributed by atoms with Crippen molar-refractivity contribution in [2.24, 2.45) is 4.99 Å². The van der Waals surface area contributed by atoms with Crippen LogP contribution in [0.25, 0.3) is 0 Å². The van der Waals surface area contributed by atoms with Crippen molar-refractivity contribution >= 4 is 12.1 Å². The first-order chi connectivity index (χ1) is 12.3. The van der Waals surface area contributed by atoms with Crippen molar-refractivity contribution < 1.29 is 13.9 Å². The quantitative estimate of drug-likeness (QED) is 0.637. The van der Waals surface area contributed by atoms with Gasteiger partial charge in [-0.15, -0.1) is 0 Å². The minimum atomic E-state index is -0.503. The third kappa shape index (κ3) is 6.54. The van der Waals surface area contributed by atoms with E-state index in [0.29, 0.717) is 19.5 Å². The van der Waals surface area contributed by atoms with E-state index in [9.17, 15) is 9.18 Å². The van der Waals surface area contributed by atoms with E-state index < -0.39 is 11.7 Å². The summed E-state index contributed by atoms with van der Waals surface area (Å²) < 4.78 is 18.5. The highest BCUT2D eigenvalue weighted by Gasteiger charge is 2.27. The SMILES string of the molecule is CN=C(NCCc1cccc(F)c1)N1CCC(NC(=O)OC(C)(C)C)C1. The first-order valence-corrected chi connectivity index (χ1v) is 8.96. The molecule has 1 fully saturated rings. The topological polar surface area (TPSA) is 66.0 Å². The number of amides is 1. The average Bonchev–Trinajstić information content (AvgIpc) is 2.98. The van der Waals surface area contributed by atoms with Crippen LogP contribution in [0.5, 0.6) is 0 Å². The van der Waals surface area contributed by atoms with Crippen LogP contribution in [0.15, 0.2) is 29.3 Å². The second-order valence-corrected chi connectivity index (χ2v) is 7.43. The van der Waals surface area contributed by atoms with Crippen LogP contribution in [0.1, 0.15) is 32.8 Å². The van der Waals surface area contributed by atoms with Gasteiger partial charge in [-0.3, -0.25) is 4.99 Å². The largest absolute Gasteiger partial charge is 0.444 e. The Morgan fingerprint density at radius 1 is 1.42 bits per heavy atom. The number of nitrogens with zero attached hydrogens (tertiary/aromatic N) is 2. The van der Waals surface area contributed by atoms with Crippen LogP contribution in [0.4, 0.5) is 9.18 Å². The molecule has 144 valence electrons. The first kappa shape index (κ1) is 20.0. The predicted octanol–water partition coefficient (Wildman–Crippen LogP) is 2.54. The van der Waals surface area contributed by atoms with Crippen LogP contribution in [0.3, 0.4) is 0 Å². The van der Waals surface area contributed by atoms with E-state index in [-0.39, 0.29) is 11.9 Å². The van der Waals surface area contributed by atoms with Gasteiger partial charge in [-0.05, 0) is 51.3 Å². The zero-order valence-corrected chi connectivity index (χ0v) is 16.0. The van der Waals surface area contributed by atoms with Gasteiger partial charge in [0.1, 0.15) is 11.4 Å². The summed E-state index contributed by atoms with van der Waals surface area (Å²) in [6, 6.07) is 6.64. The van der Waals surface area contributed by atoms with Gasteiger partial charge >= 0.3 is 6.09 Å². The fourth-order valence-electron chi connectivity index (χ4n) is 2.89. The molecule has 1 aliphatic heterocycles. The number of halogens is 1. The molecule has 1 aromatic rings. The van der Waals surface area contributed by atoms with Crippen LogP contribution >= 0.6 is 0 Å². The van der Waals surface area contributed by atoms with Crippen molar-refractivity contribution in [1.29, 1.82) is 0 Å². The molecule has 26 heavy (non-hydrogen) atoms. The molecule has 1 aliphatic rings. The number of benzene rings is 1. The van der Waals surface area contributed by atoms with E-state index in [0.717, 1.165) is 24.5 Å². The molecule has 7 heteroatoms. The molecule has 6 nitrogen and oxygen atoms in total. The van der Waals surface area contributed by atoms with E-state index >= 15 is 0 Å². The van der Waals surface area contributed by atoms with Gasteiger partial charge in [0.05, 0.1) is 6.04 Å². The number of hydrogen-bond donors (Lipinski definition) is 2. The standard InChI is InChI=1S/C19H29FN4O2/c1-19(2,3)26-18(25)23-16-9-11-24(13-16)17(21-4)22-10-8-14-6-5-7-15(20)12-14/h5-7,12,16H,8-11,13H2,1-4H3,(H,21,22)(H,23,25). The Balaban J connectivity index is 1.77. The lowest BCUT2D eigenvalue weighted by molar-refractivity contribution is 0.0507. The number of alkyl carbamates (subject to hydrolysis) is 1. The number of rotatable bonds is 4. The summed E-state index contributed by atoms with van der Waals surface area (Å²) in [4.78, 5) is 18.3. The molecule has 0 saturated carbocycles. The maximum Gasteiger partial charge on any atom is 0.407 e. The minimum Gasteiger partial charge on any atom is -0.444 e. The molecule has 1 heterocycles. The Labute approximate surface area is 154 Å². The lowest BCUT2D eigenvalue weighted by atomic mass is 10.1. The molecule has 1 atom stereocenters. The normalized spacial score (nSPS) is 18.0. The number of guanidine groups is 1. The van der Waals surface area contributed by atoms with Gasteiger partial charge in [0.2, 0.25) is 0 Å². The van der Waals surface area contributed by atoms with Crippen molar-refractivity contribution in [1.82, 2.24) is 15.5 Å². The Bertz CT molecular complexity index is 643. The second kappa shape index (κ2) is 8.87. The third-order valence-corrected chi connectivity index (χ3v) is 4.01. The maximum absolute atomic E-state index is 13.2. The Hall–Kier alpha value is -2.31. The molecular weight excluding hydrogens is 335 g/mol. The number of carbonyl (C=O) groups is 1. The molecule has 1 amide bonds. The summed E-state index contributed by atoms with van der Waals surface area (Å²) in [7, 11) is 1.74. The molecule has 1 saturated heterocycles. The zero-order valence-electron chi connectivity index (χ0n) is 16.0. The number of nitrogens with one attached hydrogen (secondary N) is 2. The second-order valence-electron chi connectivity index (χ2n) is 7.43. The first-order valence-electron chi connectivity index (χ1n) is 8.96. The monoisotopic (exact) mass is 364 g/mol. The molecule has 2 N–H and O–H groups in total. The smallest absolute Gasteiger partial charge is 0.407 e. The molecule has 0 radical (unpaired) electrons. The van der Waals surface area contributed by atoms with E-state index in [1.165, 1.54) is 6.07 Å². The minimum absolute atomic E-state index is 0.0339. The van der Waals surface area contributed by atoms with Crippen molar-refractivity contribution in [3.63, 3.8) is 0 Å². The van der Waals surface area contributed by atoms with Crippen LogP contribution < -0.4 is 10.6 Å². The lowest BCUT2D eigenvalue weighted by Crippen LogP contribution is -2.44. The summed E-state index contributed by atoms with van der Waals surface area (Å²) in [5.41, 5.74) is 0.440. The maximum atomic E-state index is 13.2. The fraction of sp³-hybridized carbons (Fsp3) is 0.579. The summed E-state index contributed by atoms with van der Waals surface area (Å²) in [6.07, 6.45) is 1.16. The molecule has 1 unspecified atom stereocenters.